The number of benzene rings is 2. The number of rotatable bonds is 6. The highest BCUT2D eigenvalue weighted by Gasteiger charge is 2.36. The first-order valence-corrected chi connectivity index (χ1v) is 10.0. The second-order valence-electron chi connectivity index (χ2n) is 6.92. The molecule has 0 bridgehead atoms. The Morgan fingerprint density at radius 3 is 2.34 bits per heavy atom. The molecule has 1 aliphatic heterocycles. The molecular formula is C22H22N2O4S. The number of hydrogen-bond donors (Lipinski definition) is 1. The summed E-state index contributed by atoms with van der Waals surface area (Å²) in [6, 6.07) is 14.3. The molecule has 0 atom stereocenters. The molecule has 1 fully saturated rings. The fraction of sp³-hybridized carbons (Fsp3) is 0.227. The molecule has 0 spiro atoms. The fourth-order valence-corrected chi connectivity index (χ4v) is 3.68. The van der Waals surface area contributed by atoms with E-state index < -0.39 is 0 Å². The van der Waals surface area contributed by atoms with Gasteiger partial charge in [0.1, 0.15) is 5.75 Å². The van der Waals surface area contributed by atoms with Gasteiger partial charge in [0.2, 0.25) is 0 Å². The molecule has 0 aromatic heterocycles. The van der Waals surface area contributed by atoms with Gasteiger partial charge in [-0.15, -0.1) is 0 Å². The predicted octanol–water partition coefficient (Wildman–Crippen LogP) is 4.46. The van der Waals surface area contributed by atoms with Gasteiger partial charge in [-0.1, -0.05) is 29.8 Å². The number of ether oxygens (including phenoxy) is 1. The van der Waals surface area contributed by atoms with E-state index >= 15 is 0 Å². The number of amides is 3. The van der Waals surface area contributed by atoms with Crippen molar-refractivity contribution in [1.82, 2.24) is 4.90 Å². The van der Waals surface area contributed by atoms with E-state index in [4.69, 9.17) is 4.74 Å². The Morgan fingerprint density at radius 1 is 1.10 bits per heavy atom. The third-order valence-corrected chi connectivity index (χ3v) is 5.11. The van der Waals surface area contributed by atoms with Crippen LogP contribution in [0.5, 0.6) is 5.75 Å². The summed E-state index contributed by atoms with van der Waals surface area (Å²) in [5, 5.41) is 2.52. The fourth-order valence-electron chi connectivity index (χ4n) is 2.72. The van der Waals surface area contributed by atoms with Crippen LogP contribution in [0.15, 0.2) is 53.4 Å². The van der Waals surface area contributed by atoms with Crippen molar-refractivity contribution in [2.75, 3.05) is 11.9 Å². The third-order valence-electron chi connectivity index (χ3n) is 4.22. The number of imide groups is 1. The first-order valence-electron chi connectivity index (χ1n) is 9.20. The quantitative estimate of drug-likeness (QED) is 0.712. The monoisotopic (exact) mass is 410 g/mol. The zero-order valence-electron chi connectivity index (χ0n) is 16.5. The first kappa shape index (κ1) is 20.7. The molecule has 0 unspecified atom stereocenters. The number of nitrogens with zero attached hydrogens (tertiary/aromatic N) is 1. The zero-order valence-corrected chi connectivity index (χ0v) is 17.3. The topological polar surface area (TPSA) is 75.7 Å². The second kappa shape index (κ2) is 8.96. The summed E-state index contributed by atoms with van der Waals surface area (Å²) in [5.41, 5.74) is 2.61. The van der Waals surface area contributed by atoms with Crippen LogP contribution < -0.4 is 10.1 Å². The van der Waals surface area contributed by atoms with E-state index in [1.54, 1.807) is 44.2 Å². The average Bonchev–Trinajstić information content (AvgIpc) is 2.96. The minimum atomic E-state index is -0.275. The van der Waals surface area contributed by atoms with Gasteiger partial charge in [-0.3, -0.25) is 19.3 Å². The van der Waals surface area contributed by atoms with Gasteiger partial charge in [0.25, 0.3) is 17.1 Å². The van der Waals surface area contributed by atoms with Crippen LogP contribution in [0.2, 0.25) is 0 Å². The van der Waals surface area contributed by atoms with E-state index in [0.29, 0.717) is 10.7 Å². The molecule has 1 heterocycles. The van der Waals surface area contributed by atoms with Gasteiger partial charge >= 0.3 is 0 Å². The van der Waals surface area contributed by atoms with Gasteiger partial charge in [0, 0.05) is 11.7 Å². The van der Waals surface area contributed by atoms with Crippen molar-refractivity contribution in [3.8, 4) is 5.75 Å². The maximum atomic E-state index is 12.3. The highest BCUT2D eigenvalue weighted by molar-refractivity contribution is 8.18. The molecule has 0 radical (unpaired) electrons. The number of aryl methyl sites for hydroxylation is 1. The highest BCUT2D eigenvalue weighted by atomic mass is 32.2. The largest absolute Gasteiger partial charge is 0.484 e. The van der Waals surface area contributed by atoms with Crippen LogP contribution in [0.25, 0.3) is 6.08 Å². The lowest BCUT2D eigenvalue weighted by Gasteiger charge is -2.16. The Morgan fingerprint density at radius 2 is 1.76 bits per heavy atom. The number of thioether (sulfide) groups is 1. The van der Waals surface area contributed by atoms with E-state index in [0.717, 1.165) is 28.6 Å². The first-order chi connectivity index (χ1) is 13.8. The van der Waals surface area contributed by atoms with Crippen LogP contribution in [0, 0.1) is 6.92 Å². The maximum Gasteiger partial charge on any atom is 0.293 e. The molecular weight excluding hydrogens is 388 g/mol. The summed E-state index contributed by atoms with van der Waals surface area (Å²) in [6.07, 6.45) is 1.68. The molecule has 3 rings (SSSR count). The Kier molecular flexibility index (Phi) is 6.39. The van der Waals surface area contributed by atoms with Crippen molar-refractivity contribution in [3.63, 3.8) is 0 Å². The van der Waals surface area contributed by atoms with Gasteiger partial charge in [0.05, 0.1) is 4.91 Å². The molecule has 2 aromatic rings. The molecule has 0 aliphatic carbocycles. The summed E-state index contributed by atoms with van der Waals surface area (Å²) >= 11 is 0.939. The van der Waals surface area contributed by atoms with Crippen LogP contribution in [-0.4, -0.2) is 34.6 Å². The normalized spacial score (nSPS) is 15.3. The second-order valence-corrected chi connectivity index (χ2v) is 7.91. The maximum absolute atomic E-state index is 12.3. The smallest absolute Gasteiger partial charge is 0.293 e. The standard InChI is InChI=1S/C22H22N2O4S/c1-14(2)24-21(26)19(29-22(24)27)12-16-6-10-18(11-7-16)28-13-20(25)23-17-8-4-15(3)5-9-17/h4-12,14H,13H2,1-3H3,(H,23,25)/b19-12+. The number of nitrogens with one attached hydrogen (secondary N) is 1. The van der Waals surface area contributed by atoms with Crippen LogP contribution in [0.1, 0.15) is 25.0 Å². The molecule has 6 nitrogen and oxygen atoms in total. The summed E-state index contributed by atoms with van der Waals surface area (Å²) < 4.78 is 5.51. The van der Waals surface area contributed by atoms with Gasteiger partial charge in [-0.25, -0.2) is 0 Å². The SMILES string of the molecule is Cc1ccc(NC(=O)COc2ccc(/C=C3/SC(=O)N(C(C)C)C3=O)cc2)cc1. The lowest BCUT2D eigenvalue weighted by molar-refractivity contribution is -0.123. The molecule has 1 saturated heterocycles. The number of anilines is 1. The highest BCUT2D eigenvalue weighted by Crippen LogP contribution is 2.33. The summed E-state index contributed by atoms with van der Waals surface area (Å²) in [7, 11) is 0. The van der Waals surface area contributed by atoms with Gasteiger partial charge in [-0.2, -0.15) is 0 Å². The average molecular weight is 410 g/mol. The minimum Gasteiger partial charge on any atom is -0.484 e. The van der Waals surface area contributed by atoms with Crippen LogP contribution in [0.3, 0.4) is 0 Å². The Labute approximate surface area is 173 Å². The summed E-state index contributed by atoms with van der Waals surface area (Å²) in [5.74, 6) is 0.0138. The molecule has 1 aliphatic rings. The lowest BCUT2D eigenvalue weighted by atomic mass is 10.2. The molecule has 7 heteroatoms. The molecule has 2 aromatic carbocycles. The van der Waals surface area contributed by atoms with Crippen molar-refractivity contribution < 1.29 is 19.1 Å². The van der Waals surface area contributed by atoms with E-state index in [9.17, 15) is 14.4 Å². The van der Waals surface area contributed by atoms with Crippen molar-refractivity contribution in [3.05, 3.63) is 64.6 Å². The van der Waals surface area contributed by atoms with Crippen molar-refractivity contribution in [2.45, 2.75) is 26.8 Å². The van der Waals surface area contributed by atoms with Crippen LogP contribution in [-0.2, 0) is 9.59 Å². The van der Waals surface area contributed by atoms with Gasteiger partial charge < -0.3 is 10.1 Å². The van der Waals surface area contributed by atoms with E-state index in [2.05, 4.69) is 5.32 Å². The Balaban J connectivity index is 1.56. The molecule has 3 amide bonds. The van der Waals surface area contributed by atoms with Crippen LogP contribution >= 0.6 is 11.8 Å². The van der Waals surface area contributed by atoms with Crippen LogP contribution in [0.4, 0.5) is 10.5 Å². The van der Waals surface area contributed by atoms with Gasteiger partial charge in [0.15, 0.2) is 6.61 Å². The summed E-state index contributed by atoms with van der Waals surface area (Å²) in [4.78, 5) is 37.9. The third kappa shape index (κ3) is 5.26. The predicted molar refractivity (Wildman–Crippen MR) is 115 cm³/mol. The van der Waals surface area contributed by atoms with Crippen molar-refractivity contribution in [1.29, 1.82) is 0 Å². The van der Waals surface area contributed by atoms with E-state index in [1.807, 2.05) is 31.2 Å². The van der Waals surface area contributed by atoms with E-state index in [-0.39, 0.29) is 29.7 Å². The van der Waals surface area contributed by atoms with Crippen molar-refractivity contribution >= 4 is 40.6 Å². The molecule has 150 valence electrons. The minimum absolute atomic E-state index is 0.111. The number of carbonyl (C=O) groups is 3. The lowest BCUT2D eigenvalue weighted by Crippen LogP contribution is -2.34. The molecule has 1 N–H and O–H groups in total. The number of hydrogen-bond acceptors (Lipinski definition) is 5. The molecule has 29 heavy (non-hydrogen) atoms. The zero-order chi connectivity index (χ0) is 21.0. The molecule has 0 saturated carbocycles. The van der Waals surface area contributed by atoms with Crippen molar-refractivity contribution in [2.24, 2.45) is 0 Å². The number of carbonyl (C=O) groups excluding carboxylic acids is 3. The summed E-state index contributed by atoms with van der Waals surface area (Å²) in [6.45, 7) is 5.48. The Hall–Kier alpha value is -3.06. The Bertz CT molecular complexity index is 950. The van der Waals surface area contributed by atoms with E-state index in [1.165, 1.54) is 4.90 Å². The van der Waals surface area contributed by atoms with Gasteiger partial charge in [-0.05, 0) is 68.4 Å².